The number of thiophene rings is 1. The molecule has 0 aliphatic rings. The number of para-hydroxylation sites is 1. The van der Waals surface area contributed by atoms with Crippen molar-refractivity contribution in [1.82, 2.24) is 14.5 Å². The molecular formula is C50H35N3S. The standard InChI is InChI=1S/C48H29N3S.C2H6/c1-3-13-31(14-4-1)41-29-42(32-15-5-2-6-16-32)50-48(49-41)51-43-28-34-18-8-7-17-33(34)26-39(43)38-21-11-20-37(47(38)51)35-23-24-44-40(27-35)46-36-19-10-9-12-30(36)22-25-45(46)52-44;1-2/h1-29H;1-2H3. The summed E-state index contributed by atoms with van der Waals surface area (Å²) in [6.07, 6.45) is 0. The van der Waals surface area contributed by atoms with Crippen LogP contribution in [0, 0.1) is 0 Å². The first-order valence-corrected chi connectivity index (χ1v) is 19.4. The highest BCUT2D eigenvalue weighted by atomic mass is 32.1. The molecular weight excluding hydrogens is 675 g/mol. The fraction of sp³-hybridized carbons (Fsp3) is 0.0400. The van der Waals surface area contributed by atoms with Gasteiger partial charge < -0.3 is 0 Å². The lowest BCUT2D eigenvalue weighted by Gasteiger charge is -2.14. The highest BCUT2D eigenvalue weighted by Crippen LogP contribution is 2.43. The Kier molecular flexibility index (Phi) is 7.78. The number of hydrogen-bond acceptors (Lipinski definition) is 3. The van der Waals surface area contributed by atoms with Crippen molar-refractivity contribution in [2.45, 2.75) is 13.8 Å². The maximum Gasteiger partial charge on any atom is 0.235 e. The van der Waals surface area contributed by atoms with Crippen LogP contribution in [0.15, 0.2) is 176 Å². The number of benzene rings is 8. The molecule has 0 saturated carbocycles. The normalized spacial score (nSPS) is 11.5. The maximum atomic E-state index is 5.36. The summed E-state index contributed by atoms with van der Waals surface area (Å²) in [4.78, 5) is 10.7. The van der Waals surface area contributed by atoms with Crippen LogP contribution in [-0.4, -0.2) is 14.5 Å². The quantitative estimate of drug-likeness (QED) is 0.182. The van der Waals surface area contributed by atoms with E-state index in [0.29, 0.717) is 5.95 Å². The van der Waals surface area contributed by atoms with Gasteiger partial charge >= 0.3 is 0 Å². The van der Waals surface area contributed by atoms with Crippen molar-refractivity contribution in [3.63, 3.8) is 0 Å². The summed E-state index contributed by atoms with van der Waals surface area (Å²) >= 11 is 1.86. The topological polar surface area (TPSA) is 30.7 Å². The summed E-state index contributed by atoms with van der Waals surface area (Å²) in [5.41, 5.74) is 8.37. The zero-order valence-corrected chi connectivity index (χ0v) is 30.8. The molecule has 3 nitrogen and oxygen atoms in total. The minimum absolute atomic E-state index is 0.649. The summed E-state index contributed by atoms with van der Waals surface area (Å²) < 4.78 is 4.90. The van der Waals surface area contributed by atoms with Gasteiger partial charge in [0.05, 0.1) is 22.4 Å². The minimum Gasteiger partial charge on any atom is -0.277 e. The Bertz CT molecular complexity index is 3120. The first-order chi connectivity index (χ1) is 26.8. The van der Waals surface area contributed by atoms with Gasteiger partial charge in [-0.3, -0.25) is 4.57 Å². The molecule has 0 bridgehead atoms. The van der Waals surface area contributed by atoms with Crippen LogP contribution in [0.5, 0.6) is 0 Å². The molecule has 256 valence electrons. The molecule has 3 heterocycles. The van der Waals surface area contributed by atoms with E-state index in [4.69, 9.17) is 9.97 Å². The summed E-state index contributed by atoms with van der Waals surface area (Å²) in [5.74, 6) is 0.649. The molecule has 0 atom stereocenters. The van der Waals surface area contributed by atoms with Crippen LogP contribution in [0.3, 0.4) is 0 Å². The predicted molar refractivity (Wildman–Crippen MR) is 232 cm³/mol. The third-order valence-electron chi connectivity index (χ3n) is 10.4. The molecule has 0 aliphatic heterocycles. The molecule has 0 aliphatic carbocycles. The van der Waals surface area contributed by atoms with E-state index in [1.165, 1.54) is 58.1 Å². The van der Waals surface area contributed by atoms with Gasteiger partial charge in [0.1, 0.15) is 0 Å². The van der Waals surface area contributed by atoms with Crippen molar-refractivity contribution in [2.24, 2.45) is 0 Å². The predicted octanol–water partition coefficient (Wildman–Crippen LogP) is 14.3. The average molecular weight is 710 g/mol. The van der Waals surface area contributed by atoms with E-state index < -0.39 is 0 Å². The van der Waals surface area contributed by atoms with Crippen LogP contribution in [0.25, 0.3) is 103 Å². The third-order valence-corrected chi connectivity index (χ3v) is 11.5. The second-order valence-electron chi connectivity index (χ2n) is 13.4. The molecule has 0 fully saturated rings. The van der Waals surface area contributed by atoms with Gasteiger partial charge in [0.2, 0.25) is 5.95 Å². The monoisotopic (exact) mass is 709 g/mol. The lowest BCUT2D eigenvalue weighted by Crippen LogP contribution is -2.04. The van der Waals surface area contributed by atoms with Gasteiger partial charge in [-0.2, -0.15) is 0 Å². The number of fused-ring (bicyclic) bond motifs is 9. The molecule has 0 saturated heterocycles. The highest BCUT2D eigenvalue weighted by molar-refractivity contribution is 7.26. The Morgan fingerprint density at radius 2 is 1.04 bits per heavy atom. The van der Waals surface area contributed by atoms with Crippen LogP contribution < -0.4 is 0 Å². The maximum absolute atomic E-state index is 5.36. The Morgan fingerprint density at radius 1 is 0.426 bits per heavy atom. The molecule has 11 aromatic rings. The first-order valence-electron chi connectivity index (χ1n) is 18.6. The molecule has 0 spiro atoms. The zero-order valence-electron chi connectivity index (χ0n) is 30.0. The van der Waals surface area contributed by atoms with Crippen LogP contribution >= 0.6 is 11.3 Å². The largest absolute Gasteiger partial charge is 0.277 e. The Labute approximate surface area is 317 Å². The summed E-state index contributed by atoms with van der Waals surface area (Å²) in [6, 6.07) is 63.1. The molecule has 3 aromatic heterocycles. The lowest BCUT2D eigenvalue weighted by atomic mass is 9.98. The van der Waals surface area contributed by atoms with Crippen LogP contribution in [0.4, 0.5) is 0 Å². The van der Waals surface area contributed by atoms with Crippen molar-refractivity contribution in [3.8, 4) is 39.6 Å². The van der Waals surface area contributed by atoms with E-state index in [1.54, 1.807) is 0 Å². The van der Waals surface area contributed by atoms with Crippen molar-refractivity contribution >= 4 is 74.9 Å². The van der Waals surface area contributed by atoms with Crippen molar-refractivity contribution in [1.29, 1.82) is 0 Å². The van der Waals surface area contributed by atoms with E-state index in [-0.39, 0.29) is 0 Å². The molecule has 0 N–H and O–H groups in total. The second kappa shape index (κ2) is 13.1. The van der Waals surface area contributed by atoms with Crippen LogP contribution in [0.2, 0.25) is 0 Å². The zero-order chi connectivity index (χ0) is 36.2. The molecule has 8 aromatic carbocycles. The van der Waals surface area contributed by atoms with E-state index in [2.05, 4.69) is 168 Å². The third kappa shape index (κ3) is 5.18. The smallest absolute Gasteiger partial charge is 0.235 e. The molecule has 0 unspecified atom stereocenters. The Hall–Kier alpha value is -6.62. The van der Waals surface area contributed by atoms with Crippen LogP contribution in [-0.2, 0) is 0 Å². The van der Waals surface area contributed by atoms with E-state index in [0.717, 1.165) is 39.1 Å². The fourth-order valence-corrected chi connectivity index (χ4v) is 9.06. The van der Waals surface area contributed by atoms with Crippen molar-refractivity contribution in [2.75, 3.05) is 0 Å². The second-order valence-corrected chi connectivity index (χ2v) is 14.5. The molecule has 11 rings (SSSR count). The summed E-state index contributed by atoms with van der Waals surface area (Å²) in [7, 11) is 0. The van der Waals surface area contributed by atoms with Crippen molar-refractivity contribution in [3.05, 3.63) is 176 Å². The molecule has 0 amide bonds. The van der Waals surface area contributed by atoms with E-state index in [9.17, 15) is 0 Å². The van der Waals surface area contributed by atoms with Crippen LogP contribution in [0.1, 0.15) is 13.8 Å². The highest BCUT2D eigenvalue weighted by Gasteiger charge is 2.21. The lowest BCUT2D eigenvalue weighted by molar-refractivity contribution is 0.996. The van der Waals surface area contributed by atoms with Crippen molar-refractivity contribution < 1.29 is 0 Å². The van der Waals surface area contributed by atoms with E-state index >= 15 is 0 Å². The minimum atomic E-state index is 0.649. The van der Waals surface area contributed by atoms with Gasteiger partial charge in [-0.15, -0.1) is 11.3 Å². The number of aromatic nitrogens is 3. The van der Waals surface area contributed by atoms with Gasteiger partial charge in [0, 0.05) is 47.6 Å². The SMILES string of the molecule is CC.c1ccc(-c2cc(-c3ccccc3)nc(-n3c4cc5ccccc5cc4c4cccc(-c5ccc6sc7ccc8ccccc8c7c6c5)c43)n2)cc1. The van der Waals surface area contributed by atoms with Gasteiger partial charge in [-0.1, -0.05) is 153 Å². The fourth-order valence-electron chi connectivity index (χ4n) is 7.95. The molecule has 4 heteroatoms. The van der Waals surface area contributed by atoms with E-state index in [1.807, 2.05) is 37.3 Å². The summed E-state index contributed by atoms with van der Waals surface area (Å²) in [5, 5.41) is 9.91. The number of nitrogens with zero attached hydrogens (tertiary/aromatic N) is 3. The number of hydrogen-bond donors (Lipinski definition) is 0. The number of rotatable bonds is 4. The molecule has 0 radical (unpaired) electrons. The average Bonchev–Trinajstić information content (AvgIpc) is 3.79. The first kappa shape index (κ1) is 32.1. The van der Waals surface area contributed by atoms with Gasteiger partial charge in [0.15, 0.2) is 0 Å². The van der Waals surface area contributed by atoms with Gasteiger partial charge in [0.25, 0.3) is 0 Å². The van der Waals surface area contributed by atoms with Gasteiger partial charge in [-0.05, 0) is 63.5 Å². The molecule has 54 heavy (non-hydrogen) atoms. The Morgan fingerprint density at radius 3 is 1.76 bits per heavy atom. The Balaban J connectivity index is 0.00000178. The summed E-state index contributed by atoms with van der Waals surface area (Å²) in [6.45, 7) is 4.00. The van der Waals surface area contributed by atoms with Gasteiger partial charge in [-0.25, -0.2) is 9.97 Å².